The summed E-state index contributed by atoms with van der Waals surface area (Å²) in [6.07, 6.45) is 9.72. The van der Waals surface area contributed by atoms with E-state index in [2.05, 4.69) is 46.4 Å². The summed E-state index contributed by atoms with van der Waals surface area (Å²) >= 11 is 3.57. The van der Waals surface area contributed by atoms with E-state index in [0.717, 1.165) is 18.3 Å². The fourth-order valence-electron chi connectivity index (χ4n) is 3.57. The van der Waals surface area contributed by atoms with Crippen LogP contribution in [0.2, 0.25) is 0 Å². The molecule has 104 valence electrons. The molecule has 2 heteroatoms. The summed E-state index contributed by atoms with van der Waals surface area (Å²) in [5.41, 5.74) is 2.79. The van der Waals surface area contributed by atoms with Crippen molar-refractivity contribution in [2.45, 2.75) is 57.9 Å². The highest BCUT2D eigenvalue weighted by atomic mass is 79.9. The molecule has 3 rings (SSSR count). The van der Waals surface area contributed by atoms with Crippen molar-refractivity contribution in [1.82, 2.24) is 0 Å². The second-order valence-corrected chi connectivity index (χ2v) is 7.18. The van der Waals surface area contributed by atoms with Crippen LogP contribution in [0.15, 0.2) is 22.7 Å². The van der Waals surface area contributed by atoms with E-state index >= 15 is 0 Å². The molecule has 0 aromatic heterocycles. The van der Waals surface area contributed by atoms with Gasteiger partial charge >= 0.3 is 0 Å². The number of rotatable bonds is 4. The molecular formula is C17H24BrN. The fourth-order valence-corrected chi connectivity index (χ4v) is 3.98. The molecule has 0 bridgehead atoms. The first-order valence-corrected chi connectivity index (χ1v) is 8.60. The van der Waals surface area contributed by atoms with Crippen LogP contribution in [-0.2, 0) is 6.42 Å². The number of aryl methyl sites for hydroxylation is 1. The Kier molecular flexibility index (Phi) is 4.16. The summed E-state index contributed by atoms with van der Waals surface area (Å²) in [7, 11) is 0. The molecule has 0 radical (unpaired) electrons. The van der Waals surface area contributed by atoms with Gasteiger partial charge < -0.3 is 5.32 Å². The second-order valence-electron chi connectivity index (χ2n) is 6.26. The largest absolute Gasteiger partial charge is 0.382 e. The number of nitrogens with one attached hydrogen (secondary N) is 1. The van der Waals surface area contributed by atoms with Crippen LogP contribution in [0, 0.1) is 11.8 Å². The Balaban J connectivity index is 1.66. The summed E-state index contributed by atoms with van der Waals surface area (Å²) in [6.45, 7) is 2.24. The van der Waals surface area contributed by atoms with E-state index in [0.29, 0.717) is 6.04 Å². The van der Waals surface area contributed by atoms with Gasteiger partial charge in [0.2, 0.25) is 0 Å². The Morgan fingerprint density at radius 3 is 2.74 bits per heavy atom. The van der Waals surface area contributed by atoms with E-state index in [1.165, 1.54) is 54.2 Å². The molecule has 1 N–H and O–H groups in total. The molecule has 0 aliphatic heterocycles. The summed E-state index contributed by atoms with van der Waals surface area (Å²) < 4.78 is 1.19. The predicted octanol–water partition coefficient (Wildman–Crippen LogP) is 5.39. The van der Waals surface area contributed by atoms with E-state index in [9.17, 15) is 0 Å². The third kappa shape index (κ3) is 3.34. The predicted molar refractivity (Wildman–Crippen MR) is 85.6 cm³/mol. The number of benzene rings is 1. The van der Waals surface area contributed by atoms with Crippen LogP contribution in [0.25, 0.3) is 0 Å². The molecule has 1 aromatic rings. The molecule has 1 aromatic carbocycles. The van der Waals surface area contributed by atoms with Crippen LogP contribution in [0.3, 0.4) is 0 Å². The van der Waals surface area contributed by atoms with Crippen LogP contribution in [0.5, 0.6) is 0 Å². The topological polar surface area (TPSA) is 12.0 Å². The first kappa shape index (κ1) is 13.5. The number of hydrogen-bond acceptors (Lipinski definition) is 1. The minimum Gasteiger partial charge on any atom is -0.382 e. The van der Waals surface area contributed by atoms with Gasteiger partial charge in [-0.3, -0.25) is 0 Å². The van der Waals surface area contributed by atoms with Gasteiger partial charge in [0.25, 0.3) is 0 Å². The fraction of sp³-hybridized carbons (Fsp3) is 0.647. The maximum absolute atomic E-state index is 3.82. The lowest BCUT2D eigenvalue weighted by molar-refractivity contribution is 0.303. The molecule has 0 amide bonds. The van der Waals surface area contributed by atoms with Gasteiger partial charge in [-0.25, -0.2) is 0 Å². The molecule has 0 heterocycles. The summed E-state index contributed by atoms with van der Waals surface area (Å²) in [4.78, 5) is 0. The zero-order valence-electron chi connectivity index (χ0n) is 11.8. The maximum atomic E-state index is 3.82. The Hall–Kier alpha value is -0.500. The lowest BCUT2D eigenvalue weighted by atomic mass is 9.82. The standard InChI is InChI=1S/C17H24BrN/c1-2-12-10-15(18)8-9-17(12)19-16-5-3-4-14(11-16)13-6-7-13/h8-10,13-14,16,19H,2-7,11H2,1H3. The lowest BCUT2D eigenvalue weighted by Gasteiger charge is -2.31. The molecule has 2 aliphatic carbocycles. The van der Waals surface area contributed by atoms with E-state index in [1.807, 2.05) is 0 Å². The van der Waals surface area contributed by atoms with Gasteiger partial charge in [0.05, 0.1) is 0 Å². The highest BCUT2D eigenvalue weighted by Gasteiger charge is 2.34. The molecule has 2 fully saturated rings. The van der Waals surface area contributed by atoms with Crippen LogP contribution >= 0.6 is 15.9 Å². The number of anilines is 1. The van der Waals surface area contributed by atoms with Crippen LogP contribution in [0.1, 0.15) is 51.0 Å². The van der Waals surface area contributed by atoms with Crippen LogP contribution < -0.4 is 5.32 Å². The van der Waals surface area contributed by atoms with Crippen molar-refractivity contribution < 1.29 is 0 Å². The van der Waals surface area contributed by atoms with Gasteiger partial charge in [-0.2, -0.15) is 0 Å². The Morgan fingerprint density at radius 1 is 1.16 bits per heavy atom. The van der Waals surface area contributed by atoms with Gasteiger partial charge in [-0.1, -0.05) is 35.7 Å². The molecule has 2 atom stereocenters. The van der Waals surface area contributed by atoms with Crippen molar-refractivity contribution in [2.24, 2.45) is 11.8 Å². The Morgan fingerprint density at radius 2 is 2.00 bits per heavy atom. The minimum absolute atomic E-state index is 0.700. The van der Waals surface area contributed by atoms with E-state index in [4.69, 9.17) is 0 Å². The van der Waals surface area contributed by atoms with Gasteiger partial charge in [0, 0.05) is 16.2 Å². The quantitative estimate of drug-likeness (QED) is 0.783. The lowest BCUT2D eigenvalue weighted by Crippen LogP contribution is -2.28. The van der Waals surface area contributed by atoms with Crippen molar-refractivity contribution in [3.63, 3.8) is 0 Å². The van der Waals surface area contributed by atoms with Crippen molar-refractivity contribution in [3.8, 4) is 0 Å². The summed E-state index contributed by atoms with van der Waals surface area (Å²) in [5.74, 6) is 2.08. The van der Waals surface area contributed by atoms with Crippen LogP contribution in [0.4, 0.5) is 5.69 Å². The molecular weight excluding hydrogens is 298 g/mol. The van der Waals surface area contributed by atoms with Crippen molar-refractivity contribution in [1.29, 1.82) is 0 Å². The van der Waals surface area contributed by atoms with Gasteiger partial charge in [-0.05, 0) is 67.7 Å². The Bertz CT molecular complexity index is 439. The Labute approximate surface area is 125 Å². The number of halogens is 1. The zero-order chi connectivity index (χ0) is 13.2. The molecule has 2 saturated carbocycles. The molecule has 2 unspecified atom stereocenters. The summed E-state index contributed by atoms with van der Waals surface area (Å²) in [6, 6.07) is 7.35. The molecule has 0 spiro atoms. The smallest absolute Gasteiger partial charge is 0.0375 e. The van der Waals surface area contributed by atoms with E-state index in [1.54, 1.807) is 0 Å². The van der Waals surface area contributed by atoms with Crippen molar-refractivity contribution >= 4 is 21.6 Å². The van der Waals surface area contributed by atoms with Crippen LogP contribution in [-0.4, -0.2) is 6.04 Å². The normalized spacial score (nSPS) is 27.3. The first-order chi connectivity index (χ1) is 9.26. The monoisotopic (exact) mass is 321 g/mol. The summed E-state index contributed by atoms with van der Waals surface area (Å²) in [5, 5.41) is 3.82. The minimum atomic E-state index is 0.700. The average Bonchev–Trinajstić information content (AvgIpc) is 3.25. The third-order valence-electron chi connectivity index (χ3n) is 4.81. The third-order valence-corrected chi connectivity index (χ3v) is 5.30. The van der Waals surface area contributed by atoms with Gasteiger partial charge in [0.15, 0.2) is 0 Å². The van der Waals surface area contributed by atoms with Gasteiger partial charge in [0.1, 0.15) is 0 Å². The first-order valence-electron chi connectivity index (χ1n) is 7.81. The highest BCUT2D eigenvalue weighted by molar-refractivity contribution is 9.10. The zero-order valence-corrected chi connectivity index (χ0v) is 13.4. The molecule has 1 nitrogen and oxygen atoms in total. The van der Waals surface area contributed by atoms with E-state index in [-0.39, 0.29) is 0 Å². The molecule has 0 saturated heterocycles. The SMILES string of the molecule is CCc1cc(Br)ccc1NC1CCCC(C2CC2)C1. The highest BCUT2D eigenvalue weighted by Crippen LogP contribution is 2.44. The van der Waals surface area contributed by atoms with Gasteiger partial charge in [-0.15, -0.1) is 0 Å². The number of hydrogen-bond donors (Lipinski definition) is 1. The van der Waals surface area contributed by atoms with E-state index < -0.39 is 0 Å². The molecule has 2 aliphatic rings. The van der Waals surface area contributed by atoms with Crippen molar-refractivity contribution in [3.05, 3.63) is 28.2 Å². The van der Waals surface area contributed by atoms with Crippen molar-refractivity contribution in [2.75, 3.05) is 5.32 Å². The average molecular weight is 322 g/mol. The second kappa shape index (κ2) is 5.87. The maximum Gasteiger partial charge on any atom is 0.0375 e. The molecule has 19 heavy (non-hydrogen) atoms.